The Morgan fingerprint density at radius 3 is 1.94 bits per heavy atom. The van der Waals surface area contributed by atoms with Gasteiger partial charge in [-0.15, -0.1) is 0 Å². The second-order valence-electron chi connectivity index (χ2n) is 8.62. The van der Waals surface area contributed by atoms with E-state index >= 15 is 0 Å². The molecule has 3 aliphatic carbocycles. The molecule has 6 rings (SSSR count). The summed E-state index contributed by atoms with van der Waals surface area (Å²) in [7, 11) is -3.78. The lowest BCUT2D eigenvalue weighted by Gasteiger charge is -2.44. The molecule has 0 N–H and O–H groups in total. The van der Waals surface area contributed by atoms with Crippen molar-refractivity contribution in [2.75, 3.05) is 0 Å². The molecule has 0 saturated heterocycles. The molecule has 4 atom stereocenters. The summed E-state index contributed by atoms with van der Waals surface area (Å²) in [5, 5.41) is 0.692. The average molecular weight is 444 g/mol. The van der Waals surface area contributed by atoms with Gasteiger partial charge in [0.1, 0.15) is 17.3 Å². The molecule has 0 amide bonds. The molecular formula is C27H22FO3P. The molecule has 32 heavy (non-hydrogen) atoms. The normalized spacial score (nSPS) is 25.4. The fourth-order valence-corrected chi connectivity index (χ4v) is 7.85. The number of fused-ring (bicyclic) bond motifs is 5. The molecule has 3 nitrogen and oxygen atoms in total. The van der Waals surface area contributed by atoms with E-state index in [1.165, 1.54) is 12.1 Å². The van der Waals surface area contributed by atoms with Crippen molar-refractivity contribution in [1.82, 2.24) is 0 Å². The first kappa shape index (κ1) is 19.6. The third-order valence-electron chi connectivity index (χ3n) is 6.75. The fraction of sp³-hybridized carbons (Fsp3) is 0.185. The Labute approximate surface area is 186 Å². The smallest absolute Gasteiger partial charge is 0.413 e. The molecule has 1 saturated carbocycles. The third kappa shape index (κ3) is 3.13. The zero-order chi connectivity index (χ0) is 21.7. The van der Waals surface area contributed by atoms with Crippen LogP contribution in [0.15, 0.2) is 102 Å². The van der Waals surface area contributed by atoms with Crippen LogP contribution in [0.1, 0.15) is 12.0 Å². The molecular weight excluding hydrogens is 422 g/mol. The number of benzene rings is 3. The highest BCUT2D eigenvalue weighted by molar-refractivity contribution is 7.59. The Morgan fingerprint density at radius 2 is 1.34 bits per heavy atom. The first-order valence-corrected chi connectivity index (χ1v) is 12.4. The lowest BCUT2D eigenvalue weighted by atomic mass is 9.66. The number of hydrogen-bond donors (Lipinski definition) is 0. The van der Waals surface area contributed by atoms with Crippen LogP contribution in [0, 0.1) is 29.5 Å². The highest BCUT2D eigenvalue weighted by Gasteiger charge is 2.61. The summed E-state index contributed by atoms with van der Waals surface area (Å²) in [6.45, 7) is 0. The molecule has 0 aliphatic heterocycles. The first-order chi connectivity index (χ1) is 15.6. The van der Waals surface area contributed by atoms with Gasteiger partial charge in [-0.25, -0.2) is 8.96 Å². The molecule has 160 valence electrons. The van der Waals surface area contributed by atoms with Gasteiger partial charge in [0.05, 0.1) is 5.31 Å². The molecule has 3 aliphatic rings. The van der Waals surface area contributed by atoms with E-state index in [1.54, 1.807) is 30.3 Å². The monoisotopic (exact) mass is 444 g/mol. The summed E-state index contributed by atoms with van der Waals surface area (Å²) in [6, 6.07) is 24.8. The van der Waals surface area contributed by atoms with Gasteiger partial charge in [-0.2, -0.15) is 0 Å². The van der Waals surface area contributed by atoms with Crippen molar-refractivity contribution in [1.29, 1.82) is 0 Å². The molecule has 2 bridgehead atoms. The predicted octanol–water partition coefficient (Wildman–Crippen LogP) is 7.34. The topological polar surface area (TPSA) is 35.5 Å². The molecule has 3 aromatic rings. The van der Waals surface area contributed by atoms with Crippen LogP contribution >= 0.6 is 7.60 Å². The van der Waals surface area contributed by atoms with Crippen molar-refractivity contribution in [2.24, 2.45) is 23.7 Å². The van der Waals surface area contributed by atoms with E-state index in [2.05, 4.69) is 12.2 Å². The summed E-state index contributed by atoms with van der Waals surface area (Å²) in [6.07, 6.45) is 5.50. The largest absolute Gasteiger partial charge is 0.459 e. The van der Waals surface area contributed by atoms with Crippen LogP contribution in [-0.4, -0.2) is 0 Å². The van der Waals surface area contributed by atoms with Gasteiger partial charge >= 0.3 is 7.60 Å². The maximum absolute atomic E-state index is 14.6. The molecule has 3 aromatic carbocycles. The van der Waals surface area contributed by atoms with Crippen LogP contribution in [0.2, 0.25) is 0 Å². The summed E-state index contributed by atoms with van der Waals surface area (Å²) in [5.74, 6) is 1.66. The Morgan fingerprint density at radius 1 is 0.750 bits per heavy atom. The van der Waals surface area contributed by atoms with Crippen molar-refractivity contribution >= 4 is 13.2 Å². The SMILES string of the molecule is O=P(Oc1ccccc1)(Oc1ccccc1)C1=C(c2cccc(F)c2)C2C3C=CC(C3)C12. The minimum atomic E-state index is -3.78. The standard InChI is InChI=1S/C27H22FO3P/c28-21-9-7-8-18(17-21)25-24-19-14-15-20(16-19)26(24)27(25)32(29,30-22-10-3-1-4-11-22)31-23-12-5-2-6-13-23/h1-15,17,19-20,24,26H,16H2. The van der Waals surface area contributed by atoms with E-state index in [0.717, 1.165) is 17.6 Å². The van der Waals surface area contributed by atoms with E-state index < -0.39 is 7.60 Å². The molecule has 0 aromatic heterocycles. The maximum atomic E-state index is 14.6. The Bertz CT molecular complexity index is 1220. The van der Waals surface area contributed by atoms with Gasteiger partial charge in [0, 0.05) is 5.92 Å². The summed E-state index contributed by atoms with van der Waals surface area (Å²) >= 11 is 0. The third-order valence-corrected chi connectivity index (χ3v) is 8.78. The van der Waals surface area contributed by atoms with Gasteiger partial charge in [-0.3, -0.25) is 0 Å². The van der Waals surface area contributed by atoms with E-state index in [0.29, 0.717) is 28.6 Å². The zero-order valence-corrected chi connectivity index (χ0v) is 18.2. The number of para-hydroxylation sites is 2. The van der Waals surface area contributed by atoms with Crippen LogP contribution < -0.4 is 9.05 Å². The maximum Gasteiger partial charge on any atom is 0.459 e. The average Bonchev–Trinajstić information content (AvgIpc) is 3.33. The molecule has 0 spiro atoms. The van der Waals surface area contributed by atoms with Crippen LogP contribution in [-0.2, 0) is 4.57 Å². The van der Waals surface area contributed by atoms with Crippen molar-refractivity contribution in [3.8, 4) is 11.5 Å². The van der Waals surface area contributed by atoms with Gasteiger partial charge in [-0.1, -0.05) is 60.7 Å². The fourth-order valence-electron chi connectivity index (χ4n) is 5.53. The predicted molar refractivity (Wildman–Crippen MR) is 123 cm³/mol. The lowest BCUT2D eigenvalue weighted by molar-refractivity contribution is 0.352. The number of rotatable bonds is 6. The minimum absolute atomic E-state index is 0.0847. The highest BCUT2D eigenvalue weighted by Crippen LogP contribution is 2.74. The van der Waals surface area contributed by atoms with Crippen LogP contribution in [0.25, 0.3) is 5.57 Å². The van der Waals surface area contributed by atoms with Gasteiger partial charge in [0.15, 0.2) is 0 Å². The quantitative estimate of drug-likeness (QED) is 0.295. The molecule has 1 fully saturated rings. The lowest BCUT2D eigenvalue weighted by Crippen LogP contribution is -2.34. The first-order valence-electron chi connectivity index (χ1n) is 10.9. The minimum Gasteiger partial charge on any atom is -0.413 e. The van der Waals surface area contributed by atoms with Crippen LogP contribution in [0.3, 0.4) is 0 Å². The Hall–Kier alpha value is -3.10. The van der Waals surface area contributed by atoms with E-state index in [4.69, 9.17) is 9.05 Å². The molecule has 4 unspecified atom stereocenters. The number of hydrogen-bond acceptors (Lipinski definition) is 3. The molecule has 0 heterocycles. The number of halogens is 1. The zero-order valence-electron chi connectivity index (χ0n) is 17.3. The van der Waals surface area contributed by atoms with Gasteiger partial charge in [-0.05, 0) is 71.7 Å². The van der Waals surface area contributed by atoms with E-state index in [-0.39, 0.29) is 17.7 Å². The van der Waals surface area contributed by atoms with Crippen molar-refractivity contribution in [3.05, 3.63) is 114 Å². The van der Waals surface area contributed by atoms with Crippen LogP contribution in [0.5, 0.6) is 11.5 Å². The van der Waals surface area contributed by atoms with Crippen molar-refractivity contribution in [2.45, 2.75) is 6.42 Å². The van der Waals surface area contributed by atoms with Gasteiger partial charge < -0.3 is 9.05 Å². The summed E-state index contributed by atoms with van der Waals surface area (Å²) < 4.78 is 41.1. The van der Waals surface area contributed by atoms with Crippen molar-refractivity contribution < 1.29 is 18.0 Å². The summed E-state index contributed by atoms with van der Waals surface area (Å²) in [5.41, 5.74) is 1.68. The summed E-state index contributed by atoms with van der Waals surface area (Å²) in [4.78, 5) is 0. The van der Waals surface area contributed by atoms with Crippen LogP contribution in [0.4, 0.5) is 4.39 Å². The van der Waals surface area contributed by atoms with Gasteiger partial charge in [0.25, 0.3) is 0 Å². The molecule has 0 radical (unpaired) electrons. The molecule has 5 heteroatoms. The van der Waals surface area contributed by atoms with Crippen molar-refractivity contribution in [3.63, 3.8) is 0 Å². The van der Waals surface area contributed by atoms with E-state index in [9.17, 15) is 8.96 Å². The number of allylic oxidation sites excluding steroid dienone is 4. The van der Waals surface area contributed by atoms with Gasteiger partial charge in [0.2, 0.25) is 0 Å². The van der Waals surface area contributed by atoms with E-state index in [1.807, 2.05) is 42.5 Å². The highest BCUT2D eigenvalue weighted by atomic mass is 31.2. The second kappa shape index (κ2) is 7.50. The Balaban J connectivity index is 1.51. The Kier molecular flexibility index (Phi) is 4.58. The second-order valence-corrected chi connectivity index (χ2v) is 10.5.